The molecule has 0 heterocycles. The van der Waals surface area contributed by atoms with Gasteiger partial charge in [-0.1, -0.05) is 62.9 Å². The van der Waals surface area contributed by atoms with E-state index in [0.29, 0.717) is 10.8 Å². The summed E-state index contributed by atoms with van der Waals surface area (Å²) in [5.41, 5.74) is 2.67. The van der Waals surface area contributed by atoms with Gasteiger partial charge in [0.15, 0.2) is 0 Å². The fourth-order valence-electron chi connectivity index (χ4n) is 2.79. The molecule has 2 aromatic carbocycles. The molecule has 0 aliphatic rings. The van der Waals surface area contributed by atoms with Gasteiger partial charge in [0.1, 0.15) is 0 Å². The molecule has 3 nitrogen and oxygen atoms in total. The van der Waals surface area contributed by atoms with Gasteiger partial charge in [-0.05, 0) is 36.2 Å². The highest BCUT2D eigenvalue weighted by atomic mass is 32.2. The Morgan fingerprint density at radius 1 is 1.04 bits per heavy atom. The van der Waals surface area contributed by atoms with Crippen LogP contribution >= 0.6 is 11.8 Å². The van der Waals surface area contributed by atoms with Crippen molar-refractivity contribution < 1.29 is 9.90 Å². The lowest BCUT2D eigenvalue weighted by Crippen LogP contribution is -2.17. The van der Waals surface area contributed by atoms with Crippen molar-refractivity contribution in [2.75, 3.05) is 11.9 Å². The number of hydrogen-bond acceptors (Lipinski definition) is 3. The second-order valence-electron chi connectivity index (χ2n) is 6.53. The third-order valence-corrected chi connectivity index (χ3v) is 5.75. The lowest BCUT2D eigenvalue weighted by atomic mass is 10.1. The molecule has 2 N–H and O–H groups in total. The average Bonchev–Trinajstić information content (AvgIpc) is 2.67. The van der Waals surface area contributed by atoms with Gasteiger partial charge in [-0.2, -0.15) is 11.8 Å². The van der Waals surface area contributed by atoms with E-state index in [4.69, 9.17) is 5.11 Å². The van der Waals surface area contributed by atoms with E-state index in [0.717, 1.165) is 18.0 Å². The number of carboxylic acid groups (broad SMARTS) is 1. The summed E-state index contributed by atoms with van der Waals surface area (Å²) < 4.78 is 0. The first-order valence-corrected chi connectivity index (χ1v) is 10.5. The van der Waals surface area contributed by atoms with E-state index in [1.54, 1.807) is 12.1 Å². The van der Waals surface area contributed by atoms with Gasteiger partial charge >= 0.3 is 5.97 Å². The van der Waals surface area contributed by atoms with Crippen molar-refractivity contribution in [1.29, 1.82) is 0 Å². The second kappa shape index (κ2) is 11.6. The summed E-state index contributed by atoms with van der Waals surface area (Å²) in [5.74, 6) is 0.141. The Balaban J connectivity index is 1.86. The Bertz CT molecular complexity index is 643. The minimum absolute atomic E-state index is 0.324. The van der Waals surface area contributed by atoms with Crippen LogP contribution in [0.2, 0.25) is 0 Å². The number of unbranched alkanes of at least 4 members (excludes halogenated alkanes) is 3. The highest BCUT2D eigenvalue weighted by Crippen LogP contribution is 2.23. The third-order valence-electron chi connectivity index (χ3n) is 4.37. The van der Waals surface area contributed by atoms with Crippen LogP contribution in [0, 0.1) is 0 Å². The molecule has 0 spiro atoms. The summed E-state index contributed by atoms with van der Waals surface area (Å²) in [4.78, 5) is 10.9. The Kier molecular flexibility index (Phi) is 9.11. The number of benzene rings is 2. The quantitative estimate of drug-likeness (QED) is 0.445. The maximum absolute atomic E-state index is 10.9. The number of carbonyl (C=O) groups is 1. The smallest absolute Gasteiger partial charge is 0.335 e. The predicted octanol–water partition coefficient (Wildman–Crippen LogP) is 6.07. The molecule has 0 radical (unpaired) electrons. The van der Waals surface area contributed by atoms with Gasteiger partial charge in [0.25, 0.3) is 0 Å². The second-order valence-corrected chi connectivity index (χ2v) is 7.82. The molecule has 0 saturated carbocycles. The Hall–Kier alpha value is -1.94. The van der Waals surface area contributed by atoms with E-state index in [-0.39, 0.29) is 0 Å². The zero-order valence-corrected chi connectivity index (χ0v) is 16.3. The first-order valence-electron chi connectivity index (χ1n) is 9.41. The van der Waals surface area contributed by atoms with Gasteiger partial charge in [-0.15, -0.1) is 0 Å². The normalized spacial score (nSPS) is 11.9. The maximum atomic E-state index is 10.9. The summed E-state index contributed by atoms with van der Waals surface area (Å²) in [5, 5.41) is 13.0. The zero-order chi connectivity index (χ0) is 18.6. The van der Waals surface area contributed by atoms with Gasteiger partial charge in [-0.3, -0.25) is 0 Å². The van der Waals surface area contributed by atoms with Crippen LogP contribution in [0.1, 0.15) is 54.9 Å². The highest BCUT2D eigenvalue weighted by molar-refractivity contribution is 7.99. The number of thioether (sulfide) groups is 1. The van der Waals surface area contributed by atoms with E-state index in [9.17, 15) is 4.79 Å². The monoisotopic (exact) mass is 371 g/mol. The summed E-state index contributed by atoms with van der Waals surface area (Å²) >= 11 is 2.00. The van der Waals surface area contributed by atoms with Gasteiger partial charge in [-0.25, -0.2) is 4.79 Å². The average molecular weight is 372 g/mol. The van der Waals surface area contributed by atoms with Crippen molar-refractivity contribution >= 4 is 23.4 Å². The first-order chi connectivity index (χ1) is 12.7. The molecule has 0 fully saturated rings. The highest BCUT2D eigenvalue weighted by Gasteiger charge is 2.10. The molecule has 0 bridgehead atoms. The van der Waals surface area contributed by atoms with Crippen LogP contribution < -0.4 is 5.32 Å². The van der Waals surface area contributed by atoms with Crippen LogP contribution in [0.3, 0.4) is 0 Å². The van der Waals surface area contributed by atoms with Crippen molar-refractivity contribution in [2.24, 2.45) is 0 Å². The van der Waals surface area contributed by atoms with E-state index in [2.05, 4.69) is 42.6 Å². The van der Waals surface area contributed by atoms with Crippen molar-refractivity contribution in [3.63, 3.8) is 0 Å². The summed E-state index contributed by atoms with van der Waals surface area (Å²) in [6.07, 6.45) is 6.33. The van der Waals surface area contributed by atoms with E-state index in [1.165, 1.54) is 37.7 Å². The molecular weight excluding hydrogens is 342 g/mol. The number of anilines is 1. The molecule has 0 saturated heterocycles. The zero-order valence-electron chi connectivity index (χ0n) is 15.5. The molecule has 0 amide bonds. The summed E-state index contributed by atoms with van der Waals surface area (Å²) in [7, 11) is 0. The minimum atomic E-state index is -0.885. The van der Waals surface area contributed by atoms with Crippen molar-refractivity contribution in [3.8, 4) is 0 Å². The van der Waals surface area contributed by atoms with E-state index >= 15 is 0 Å². The van der Waals surface area contributed by atoms with Crippen molar-refractivity contribution in [1.82, 2.24) is 0 Å². The number of rotatable bonds is 12. The lowest BCUT2D eigenvalue weighted by Gasteiger charge is -2.18. The van der Waals surface area contributed by atoms with Crippen molar-refractivity contribution in [2.45, 2.75) is 50.0 Å². The Morgan fingerprint density at radius 3 is 2.42 bits per heavy atom. The van der Waals surface area contributed by atoms with E-state index in [1.807, 2.05) is 23.9 Å². The van der Waals surface area contributed by atoms with Crippen LogP contribution in [0.15, 0.2) is 54.6 Å². The molecule has 1 atom stereocenters. The summed E-state index contributed by atoms with van der Waals surface area (Å²) in [6, 6.07) is 17.6. The minimum Gasteiger partial charge on any atom is -0.478 e. The largest absolute Gasteiger partial charge is 0.478 e. The third kappa shape index (κ3) is 7.52. The molecule has 0 aliphatic heterocycles. The SMILES string of the molecule is CCCCCCC(CNc1ccc(C(=O)O)cc1)SCc1ccccc1. The van der Waals surface area contributed by atoms with Crippen LogP contribution in [0.25, 0.3) is 0 Å². The molecule has 26 heavy (non-hydrogen) atoms. The van der Waals surface area contributed by atoms with E-state index < -0.39 is 5.97 Å². The van der Waals surface area contributed by atoms with Crippen molar-refractivity contribution in [3.05, 3.63) is 65.7 Å². The topological polar surface area (TPSA) is 49.3 Å². The standard InChI is InChI=1S/C22H29NO2S/c1-2-3-4-8-11-21(26-17-18-9-6-5-7-10-18)16-23-20-14-12-19(13-15-20)22(24)25/h5-7,9-10,12-15,21,23H,2-4,8,11,16-17H2,1H3,(H,24,25). The Morgan fingerprint density at radius 2 is 1.77 bits per heavy atom. The van der Waals surface area contributed by atoms with Crippen LogP contribution in [0.4, 0.5) is 5.69 Å². The predicted molar refractivity (Wildman–Crippen MR) is 112 cm³/mol. The molecule has 0 aromatic heterocycles. The number of nitrogens with one attached hydrogen (secondary N) is 1. The van der Waals surface area contributed by atoms with Gasteiger partial charge in [0, 0.05) is 23.2 Å². The fraction of sp³-hybridized carbons (Fsp3) is 0.409. The number of hydrogen-bond donors (Lipinski definition) is 2. The Labute approximate surface area is 161 Å². The molecule has 0 aliphatic carbocycles. The van der Waals surface area contributed by atoms with Gasteiger partial charge in [0.2, 0.25) is 0 Å². The number of carboxylic acids is 1. The maximum Gasteiger partial charge on any atom is 0.335 e. The lowest BCUT2D eigenvalue weighted by molar-refractivity contribution is 0.0697. The first kappa shape index (κ1) is 20.4. The molecule has 1 unspecified atom stereocenters. The molecular formula is C22H29NO2S. The molecule has 4 heteroatoms. The number of aromatic carboxylic acids is 1. The fourth-order valence-corrected chi connectivity index (χ4v) is 3.95. The molecule has 2 rings (SSSR count). The van der Waals surface area contributed by atoms with Gasteiger partial charge in [0.05, 0.1) is 5.56 Å². The summed E-state index contributed by atoms with van der Waals surface area (Å²) in [6.45, 7) is 3.14. The van der Waals surface area contributed by atoms with Crippen LogP contribution in [0.5, 0.6) is 0 Å². The van der Waals surface area contributed by atoms with Crippen LogP contribution in [-0.2, 0) is 5.75 Å². The molecule has 2 aromatic rings. The molecule has 140 valence electrons. The van der Waals surface area contributed by atoms with Gasteiger partial charge < -0.3 is 10.4 Å². The van der Waals surface area contributed by atoms with Crippen LogP contribution in [-0.4, -0.2) is 22.9 Å².